The Balaban J connectivity index is 1.77. The Morgan fingerprint density at radius 1 is 1.35 bits per heavy atom. The van der Waals surface area contributed by atoms with Gasteiger partial charge in [0.05, 0.1) is 18.8 Å². The lowest BCUT2D eigenvalue weighted by Gasteiger charge is -2.23. The number of aliphatic hydroxyl groups excluding tert-OH is 1. The fourth-order valence-electron chi connectivity index (χ4n) is 2.31. The SMILES string of the molecule is O=C(COC1CCNCC1)N[C@@H](CO)c1ccccc1. The minimum absolute atomic E-state index is 0.0496. The van der Waals surface area contributed by atoms with Crippen LogP contribution in [0.2, 0.25) is 0 Å². The molecule has 1 aliphatic rings. The number of carbonyl (C=O) groups is 1. The number of amides is 1. The van der Waals surface area contributed by atoms with Crippen molar-refractivity contribution in [3.63, 3.8) is 0 Å². The van der Waals surface area contributed by atoms with E-state index in [0.29, 0.717) is 0 Å². The van der Waals surface area contributed by atoms with Crippen molar-refractivity contribution < 1.29 is 14.6 Å². The van der Waals surface area contributed by atoms with E-state index in [0.717, 1.165) is 31.5 Å². The molecule has 0 spiro atoms. The summed E-state index contributed by atoms with van der Waals surface area (Å²) in [6.07, 6.45) is 2.04. The lowest BCUT2D eigenvalue weighted by atomic mass is 10.1. The molecule has 20 heavy (non-hydrogen) atoms. The molecule has 2 rings (SSSR count). The number of carbonyl (C=O) groups excluding carboxylic acids is 1. The highest BCUT2D eigenvalue weighted by molar-refractivity contribution is 5.77. The molecule has 5 heteroatoms. The van der Waals surface area contributed by atoms with Crippen LogP contribution in [0, 0.1) is 0 Å². The Kier molecular flexibility index (Phi) is 5.98. The van der Waals surface area contributed by atoms with Gasteiger partial charge < -0.3 is 20.5 Å². The van der Waals surface area contributed by atoms with Crippen molar-refractivity contribution in [1.82, 2.24) is 10.6 Å². The molecule has 0 unspecified atom stereocenters. The molecular weight excluding hydrogens is 256 g/mol. The number of aliphatic hydroxyl groups is 1. The third-order valence-electron chi connectivity index (χ3n) is 3.46. The number of ether oxygens (including phenoxy) is 1. The summed E-state index contributed by atoms with van der Waals surface area (Å²) < 4.78 is 5.59. The maximum absolute atomic E-state index is 11.9. The van der Waals surface area contributed by atoms with Crippen LogP contribution in [-0.4, -0.2) is 43.4 Å². The topological polar surface area (TPSA) is 70.6 Å². The second-order valence-electron chi connectivity index (χ2n) is 4.97. The average molecular weight is 278 g/mol. The van der Waals surface area contributed by atoms with E-state index < -0.39 is 0 Å². The molecule has 3 N–H and O–H groups in total. The van der Waals surface area contributed by atoms with Gasteiger partial charge in [-0.25, -0.2) is 0 Å². The monoisotopic (exact) mass is 278 g/mol. The van der Waals surface area contributed by atoms with E-state index >= 15 is 0 Å². The van der Waals surface area contributed by atoms with Crippen molar-refractivity contribution in [1.29, 1.82) is 0 Å². The maximum atomic E-state index is 11.9. The first-order chi connectivity index (χ1) is 9.79. The van der Waals surface area contributed by atoms with Gasteiger partial charge in [0.15, 0.2) is 0 Å². The minimum Gasteiger partial charge on any atom is -0.394 e. The molecule has 1 aromatic rings. The largest absolute Gasteiger partial charge is 0.394 e. The first kappa shape index (κ1) is 15.0. The first-order valence-corrected chi connectivity index (χ1v) is 7.07. The zero-order valence-electron chi connectivity index (χ0n) is 11.5. The van der Waals surface area contributed by atoms with Gasteiger partial charge in [0, 0.05) is 0 Å². The van der Waals surface area contributed by atoms with Crippen LogP contribution >= 0.6 is 0 Å². The van der Waals surface area contributed by atoms with Gasteiger partial charge in [0.1, 0.15) is 6.61 Å². The third kappa shape index (κ3) is 4.59. The highest BCUT2D eigenvalue weighted by Crippen LogP contribution is 2.12. The molecule has 110 valence electrons. The maximum Gasteiger partial charge on any atom is 0.246 e. The number of rotatable bonds is 6. The molecule has 5 nitrogen and oxygen atoms in total. The van der Waals surface area contributed by atoms with Gasteiger partial charge in [-0.05, 0) is 31.5 Å². The zero-order valence-corrected chi connectivity index (χ0v) is 11.5. The molecule has 0 saturated carbocycles. The van der Waals surface area contributed by atoms with E-state index in [1.54, 1.807) is 0 Å². The lowest BCUT2D eigenvalue weighted by molar-refractivity contribution is -0.129. The summed E-state index contributed by atoms with van der Waals surface area (Å²) in [6.45, 7) is 1.81. The van der Waals surface area contributed by atoms with E-state index in [9.17, 15) is 9.90 Å². The molecule has 0 aromatic heterocycles. The zero-order chi connectivity index (χ0) is 14.2. The van der Waals surface area contributed by atoms with Crippen molar-refractivity contribution in [2.45, 2.75) is 25.0 Å². The summed E-state index contributed by atoms with van der Waals surface area (Å²) in [6, 6.07) is 9.06. The molecular formula is C15H22N2O3. The predicted octanol–water partition coefficient (Wildman–Crippen LogP) is 0.605. The fourth-order valence-corrected chi connectivity index (χ4v) is 2.31. The van der Waals surface area contributed by atoms with Crippen LogP contribution in [0.5, 0.6) is 0 Å². The number of benzene rings is 1. The van der Waals surface area contributed by atoms with Crippen molar-refractivity contribution in [2.75, 3.05) is 26.3 Å². The molecule has 1 saturated heterocycles. The highest BCUT2D eigenvalue weighted by Gasteiger charge is 2.17. The molecule has 1 aromatic carbocycles. The van der Waals surface area contributed by atoms with Gasteiger partial charge in [0.25, 0.3) is 0 Å². The predicted molar refractivity (Wildman–Crippen MR) is 76.3 cm³/mol. The van der Waals surface area contributed by atoms with Gasteiger partial charge in [-0.2, -0.15) is 0 Å². The van der Waals surface area contributed by atoms with Crippen LogP contribution < -0.4 is 10.6 Å². The molecule has 1 heterocycles. The van der Waals surface area contributed by atoms with Gasteiger partial charge in [0.2, 0.25) is 5.91 Å². The second kappa shape index (κ2) is 7.99. The van der Waals surface area contributed by atoms with Gasteiger partial charge in [-0.3, -0.25) is 4.79 Å². The number of piperidine rings is 1. The second-order valence-corrected chi connectivity index (χ2v) is 4.97. The number of hydrogen-bond acceptors (Lipinski definition) is 4. The fraction of sp³-hybridized carbons (Fsp3) is 0.533. The van der Waals surface area contributed by atoms with E-state index in [1.165, 1.54) is 0 Å². The van der Waals surface area contributed by atoms with Gasteiger partial charge >= 0.3 is 0 Å². The molecule has 1 aliphatic heterocycles. The van der Waals surface area contributed by atoms with Crippen molar-refractivity contribution in [3.05, 3.63) is 35.9 Å². The summed E-state index contributed by atoms with van der Waals surface area (Å²) in [5.74, 6) is -0.188. The van der Waals surface area contributed by atoms with Crippen LogP contribution in [0.1, 0.15) is 24.4 Å². The minimum atomic E-state index is -0.375. The van der Waals surface area contributed by atoms with Crippen LogP contribution in [0.15, 0.2) is 30.3 Å². The highest BCUT2D eigenvalue weighted by atomic mass is 16.5. The normalized spacial score (nSPS) is 17.6. The smallest absolute Gasteiger partial charge is 0.246 e. The summed E-state index contributed by atoms with van der Waals surface area (Å²) in [5.41, 5.74) is 0.894. The summed E-state index contributed by atoms with van der Waals surface area (Å²) in [7, 11) is 0. The van der Waals surface area contributed by atoms with Crippen LogP contribution in [0.3, 0.4) is 0 Å². The Bertz CT molecular complexity index is 405. The van der Waals surface area contributed by atoms with Crippen LogP contribution in [0.4, 0.5) is 0 Å². The molecule has 0 bridgehead atoms. The average Bonchev–Trinajstić information content (AvgIpc) is 2.52. The van der Waals surface area contributed by atoms with Gasteiger partial charge in [-0.1, -0.05) is 30.3 Å². The Hall–Kier alpha value is -1.43. The Labute approximate surface area is 119 Å². The summed E-state index contributed by atoms with van der Waals surface area (Å²) in [4.78, 5) is 11.9. The summed E-state index contributed by atoms with van der Waals surface area (Å²) in [5, 5.41) is 15.4. The van der Waals surface area contributed by atoms with E-state index in [2.05, 4.69) is 10.6 Å². The number of nitrogens with one attached hydrogen (secondary N) is 2. The summed E-state index contributed by atoms with van der Waals surface area (Å²) >= 11 is 0. The number of hydrogen-bond donors (Lipinski definition) is 3. The van der Waals surface area contributed by atoms with E-state index in [4.69, 9.17) is 4.74 Å². The molecule has 1 atom stereocenters. The third-order valence-corrected chi connectivity index (χ3v) is 3.46. The van der Waals surface area contributed by atoms with Crippen LogP contribution in [-0.2, 0) is 9.53 Å². The van der Waals surface area contributed by atoms with Gasteiger partial charge in [-0.15, -0.1) is 0 Å². The molecule has 1 amide bonds. The standard InChI is InChI=1S/C15H22N2O3/c18-10-14(12-4-2-1-3-5-12)17-15(19)11-20-13-6-8-16-9-7-13/h1-5,13-14,16,18H,6-11H2,(H,17,19)/t14-/m0/s1. The quantitative estimate of drug-likeness (QED) is 0.713. The van der Waals surface area contributed by atoms with Crippen LogP contribution in [0.25, 0.3) is 0 Å². The van der Waals surface area contributed by atoms with Crippen molar-refractivity contribution in [3.8, 4) is 0 Å². The molecule has 0 aliphatic carbocycles. The Morgan fingerprint density at radius 3 is 2.70 bits per heavy atom. The van der Waals surface area contributed by atoms with Crippen molar-refractivity contribution >= 4 is 5.91 Å². The molecule has 1 fully saturated rings. The van der Waals surface area contributed by atoms with E-state index in [1.807, 2.05) is 30.3 Å². The Morgan fingerprint density at radius 2 is 2.05 bits per heavy atom. The molecule has 0 radical (unpaired) electrons. The lowest BCUT2D eigenvalue weighted by Crippen LogP contribution is -2.37. The van der Waals surface area contributed by atoms with E-state index in [-0.39, 0.29) is 31.3 Å². The van der Waals surface area contributed by atoms with Crippen molar-refractivity contribution in [2.24, 2.45) is 0 Å². The first-order valence-electron chi connectivity index (χ1n) is 7.07.